The zero-order valence-electron chi connectivity index (χ0n) is 18.5. The van der Waals surface area contributed by atoms with Gasteiger partial charge in [-0.05, 0) is 11.1 Å². The molecule has 2 aromatic rings. The molecule has 2 aromatic carbocycles. The predicted octanol–water partition coefficient (Wildman–Crippen LogP) is 3.86. The maximum atomic E-state index is 17.2. The third kappa shape index (κ3) is 2.95. The minimum absolute atomic E-state index is 0.261. The molecule has 2 fully saturated rings. The molecule has 1 saturated carbocycles. The SMILES string of the molecule is C=CC[C@]1(F)CC(C(=O)OC)(C(=O)OC)[C@@H](c2ccccc2)[C@@H]2C(=O)O[C@@]21c1ccccc1. The number of methoxy groups -OCH3 is 2. The maximum absolute atomic E-state index is 17.2. The topological polar surface area (TPSA) is 78.9 Å². The van der Waals surface area contributed by atoms with E-state index in [1.807, 2.05) is 0 Å². The molecule has 0 bridgehead atoms. The Morgan fingerprint density at radius 1 is 1.03 bits per heavy atom. The molecular weight excluding hydrogens is 427 g/mol. The van der Waals surface area contributed by atoms with E-state index in [9.17, 15) is 14.4 Å². The molecule has 0 N–H and O–H groups in total. The minimum atomic E-state index is -2.33. The Hall–Kier alpha value is -3.48. The summed E-state index contributed by atoms with van der Waals surface area (Å²) in [6.45, 7) is 3.67. The van der Waals surface area contributed by atoms with Crippen LogP contribution < -0.4 is 0 Å². The van der Waals surface area contributed by atoms with Crippen LogP contribution in [0.5, 0.6) is 0 Å². The monoisotopic (exact) mass is 452 g/mol. The molecule has 0 aromatic heterocycles. The van der Waals surface area contributed by atoms with E-state index < -0.39 is 52.8 Å². The highest BCUT2D eigenvalue weighted by molar-refractivity contribution is 6.03. The van der Waals surface area contributed by atoms with E-state index >= 15 is 4.39 Å². The van der Waals surface area contributed by atoms with Crippen molar-refractivity contribution >= 4 is 17.9 Å². The van der Waals surface area contributed by atoms with Crippen LogP contribution in [0.2, 0.25) is 0 Å². The standard InChI is InChI=1S/C26H25FO6/c1-4-15-24(27)16-25(22(29)31-2,23(30)32-3)19(17-11-7-5-8-12-17)20-21(28)33-26(20,24)18-13-9-6-10-14-18/h4-14,19-20H,1,15-16H2,2-3H3/t19-,20+,24-,26-/m0/s1. The molecule has 7 heteroatoms. The van der Waals surface area contributed by atoms with Crippen LogP contribution in [0, 0.1) is 11.3 Å². The second-order valence-corrected chi connectivity index (χ2v) is 8.48. The summed E-state index contributed by atoms with van der Waals surface area (Å²) in [7, 11) is 2.25. The lowest BCUT2D eigenvalue weighted by Gasteiger charge is -2.63. The van der Waals surface area contributed by atoms with Crippen LogP contribution in [0.15, 0.2) is 73.3 Å². The van der Waals surface area contributed by atoms with Gasteiger partial charge in [0.15, 0.2) is 16.7 Å². The van der Waals surface area contributed by atoms with E-state index in [-0.39, 0.29) is 6.42 Å². The molecule has 0 spiro atoms. The Kier molecular flexibility index (Phi) is 5.60. The molecule has 1 heterocycles. The van der Waals surface area contributed by atoms with Crippen molar-refractivity contribution in [3.8, 4) is 0 Å². The molecule has 1 aliphatic heterocycles. The first-order valence-corrected chi connectivity index (χ1v) is 10.6. The van der Waals surface area contributed by atoms with Gasteiger partial charge in [0, 0.05) is 18.8 Å². The molecule has 1 aliphatic carbocycles. The fraction of sp³-hybridized carbons (Fsp3) is 0.346. The molecule has 0 radical (unpaired) electrons. The number of halogens is 1. The van der Waals surface area contributed by atoms with Gasteiger partial charge in [-0.25, -0.2) is 4.39 Å². The lowest BCUT2D eigenvalue weighted by atomic mass is 9.46. The van der Waals surface area contributed by atoms with Crippen molar-refractivity contribution in [1.82, 2.24) is 0 Å². The Morgan fingerprint density at radius 2 is 1.58 bits per heavy atom. The second kappa shape index (κ2) is 8.14. The highest BCUT2D eigenvalue weighted by atomic mass is 19.1. The zero-order chi connectivity index (χ0) is 23.9. The van der Waals surface area contributed by atoms with Crippen LogP contribution in [-0.4, -0.2) is 37.8 Å². The third-order valence-electron chi connectivity index (χ3n) is 6.97. The third-order valence-corrected chi connectivity index (χ3v) is 6.97. The average molecular weight is 452 g/mol. The number of alkyl halides is 1. The molecule has 0 unspecified atom stereocenters. The fourth-order valence-electron chi connectivity index (χ4n) is 5.72. The lowest BCUT2D eigenvalue weighted by molar-refractivity contribution is -0.288. The van der Waals surface area contributed by atoms with Gasteiger partial charge in [0.1, 0.15) is 5.92 Å². The number of carbonyl (C=O) groups is 3. The molecule has 33 heavy (non-hydrogen) atoms. The van der Waals surface area contributed by atoms with E-state index in [1.54, 1.807) is 60.7 Å². The van der Waals surface area contributed by atoms with Crippen molar-refractivity contribution in [2.75, 3.05) is 14.2 Å². The van der Waals surface area contributed by atoms with Crippen LogP contribution >= 0.6 is 0 Å². The number of rotatable bonds is 6. The van der Waals surface area contributed by atoms with Crippen molar-refractivity contribution in [1.29, 1.82) is 0 Å². The Balaban J connectivity index is 2.07. The number of fused-ring (bicyclic) bond motifs is 1. The van der Waals surface area contributed by atoms with Crippen molar-refractivity contribution in [3.63, 3.8) is 0 Å². The first-order valence-electron chi connectivity index (χ1n) is 10.6. The highest BCUT2D eigenvalue weighted by Crippen LogP contribution is 2.69. The quantitative estimate of drug-likeness (QED) is 0.287. The van der Waals surface area contributed by atoms with E-state index in [2.05, 4.69) is 6.58 Å². The van der Waals surface area contributed by atoms with E-state index in [0.717, 1.165) is 14.2 Å². The van der Waals surface area contributed by atoms with Crippen LogP contribution in [0.4, 0.5) is 4.39 Å². The van der Waals surface area contributed by atoms with Gasteiger partial charge in [-0.15, -0.1) is 6.58 Å². The van der Waals surface area contributed by atoms with Gasteiger partial charge >= 0.3 is 17.9 Å². The van der Waals surface area contributed by atoms with Gasteiger partial charge in [-0.1, -0.05) is 66.7 Å². The van der Waals surface area contributed by atoms with Crippen LogP contribution in [0.3, 0.4) is 0 Å². The van der Waals surface area contributed by atoms with E-state index in [4.69, 9.17) is 14.2 Å². The Bertz CT molecular complexity index is 1070. The summed E-state index contributed by atoms with van der Waals surface area (Å²) in [5, 5.41) is 0. The molecular formula is C26H25FO6. The van der Waals surface area contributed by atoms with Gasteiger partial charge in [-0.3, -0.25) is 14.4 Å². The summed E-state index contributed by atoms with van der Waals surface area (Å²) < 4.78 is 33.0. The highest BCUT2D eigenvalue weighted by Gasteiger charge is 2.81. The summed E-state index contributed by atoms with van der Waals surface area (Å²) in [5.41, 5.74) is -5.20. The molecule has 6 nitrogen and oxygen atoms in total. The van der Waals surface area contributed by atoms with Crippen molar-refractivity contribution in [2.45, 2.75) is 30.0 Å². The molecule has 4 rings (SSSR count). The summed E-state index contributed by atoms with van der Waals surface area (Å²) in [4.78, 5) is 39.8. The summed E-state index contributed by atoms with van der Waals surface area (Å²) in [5.74, 6) is -4.88. The maximum Gasteiger partial charge on any atom is 0.324 e. The van der Waals surface area contributed by atoms with Crippen LogP contribution in [0.25, 0.3) is 0 Å². The Labute approximate surface area is 191 Å². The number of hydrogen-bond acceptors (Lipinski definition) is 6. The van der Waals surface area contributed by atoms with Crippen molar-refractivity contribution in [3.05, 3.63) is 84.4 Å². The molecule has 2 aliphatic rings. The number of carbonyl (C=O) groups excluding carboxylic acids is 3. The smallest absolute Gasteiger partial charge is 0.324 e. The van der Waals surface area contributed by atoms with Crippen molar-refractivity contribution < 1.29 is 33.0 Å². The number of benzene rings is 2. The van der Waals surface area contributed by atoms with E-state index in [1.165, 1.54) is 6.08 Å². The first-order chi connectivity index (χ1) is 15.8. The first kappa shape index (κ1) is 22.7. The van der Waals surface area contributed by atoms with Gasteiger partial charge in [-0.2, -0.15) is 0 Å². The normalized spacial score (nSPS) is 29.6. The van der Waals surface area contributed by atoms with Crippen LogP contribution in [0.1, 0.15) is 29.9 Å². The molecule has 0 amide bonds. The summed E-state index contributed by atoms with van der Waals surface area (Å²) in [6.07, 6.45) is 0.489. The molecule has 4 atom stereocenters. The largest absolute Gasteiger partial charge is 0.468 e. The Morgan fingerprint density at radius 3 is 2.06 bits per heavy atom. The number of ether oxygens (including phenoxy) is 3. The van der Waals surface area contributed by atoms with Gasteiger partial charge in [0.05, 0.1) is 14.2 Å². The second-order valence-electron chi connectivity index (χ2n) is 8.48. The number of esters is 3. The minimum Gasteiger partial charge on any atom is -0.468 e. The molecule has 1 saturated heterocycles. The average Bonchev–Trinajstić information content (AvgIpc) is 2.84. The summed E-state index contributed by atoms with van der Waals surface area (Å²) >= 11 is 0. The van der Waals surface area contributed by atoms with Crippen LogP contribution in [-0.2, 0) is 34.2 Å². The predicted molar refractivity (Wildman–Crippen MR) is 117 cm³/mol. The number of hydrogen-bond donors (Lipinski definition) is 0. The van der Waals surface area contributed by atoms with Gasteiger partial charge in [0.2, 0.25) is 0 Å². The van der Waals surface area contributed by atoms with Gasteiger partial charge in [0.25, 0.3) is 0 Å². The van der Waals surface area contributed by atoms with Crippen molar-refractivity contribution in [2.24, 2.45) is 11.3 Å². The van der Waals surface area contributed by atoms with E-state index in [0.29, 0.717) is 11.1 Å². The fourth-order valence-corrected chi connectivity index (χ4v) is 5.72. The number of allylic oxidation sites excluding steroid dienone is 1. The lowest BCUT2D eigenvalue weighted by Crippen LogP contribution is -2.75. The van der Waals surface area contributed by atoms with Gasteiger partial charge < -0.3 is 14.2 Å². The molecule has 172 valence electrons. The summed E-state index contributed by atoms with van der Waals surface area (Å²) in [6, 6.07) is 17.2. The zero-order valence-corrected chi connectivity index (χ0v) is 18.5.